The summed E-state index contributed by atoms with van der Waals surface area (Å²) in [4.78, 5) is 2.68. The van der Waals surface area contributed by atoms with Gasteiger partial charge in [0.2, 0.25) is 0 Å². The lowest BCUT2D eigenvalue weighted by Gasteiger charge is -2.32. The van der Waals surface area contributed by atoms with Crippen molar-refractivity contribution in [2.75, 3.05) is 37.7 Å². The Bertz CT molecular complexity index is 216. The molecule has 17 heavy (non-hydrogen) atoms. The molecule has 2 heterocycles. The van der Waals surface area contributed by atoms with Gasteiger partial charge in [-0.1, -0.05) is 6.42 Å². The van der Waals surface area contributed by atoms with Crippen LogP contribution in [0.4, 0.5) is 0 Å². The first kappa shape index (κ1) is 13.7. The summed E-state index contributed by atoms with van der Waals surface area (Å²) in [6.45, 7) is 4.10. The topological polar surface area (TPSA) is 35.5 Å². The van der Waals surface area contributed by atoms with Crippen molar-refractivity contribution in [1.29, 1.82) is 0 Å². The number of nitrogens with zero attached hydrogens (tertiary/aromatic N) is 1. The number of hydrogen-bond acceptors (Lipinski definition) is 4. The summed E-state index contributed by atoms with van der Waals surface area (Å²) in [6, 6.07) is 1.57. The third kappa shape index (κ3) is 4.12. The fraction of sp³-hybridized carbons (Fsp3) is 1.00. The third-order valence-electron chi connectivity index (χ3n) is 3.96. The van der Waals surface area contributed by atoms with Crippen molar-refractivity contribution >= 4 is 11.8 Å². The monoisotopic (exact) mass is 258 g/mol. The largest absolute Gasteiger partial charge is 0.396 e. The van der Waals surface area contributed by atoms with Crippen molar-refractivity contribution in [3.63, 3.8) is 0 Å². The lowest BCUT2D eigenvalue weighted by Crippen LogP contribution is -2.45. The van der Waals surface area contributed by atoms with Crippen LogP contribution in [0.1, 0.15) is 32.1 Å². The second-order valence-corrected chi connectivity index (χ2v) is 6.36. The SMILES string of the molecule is OCCCSCCNC1CCN2CCCCC12. The van der Waals surface area contributed by atoms with Crippen LogP contribution in [0.25, 0.3) is 0 Å². The maximum absolute atomic E-state index is 8.69. The molecule has 0 saturated carbocycles. The highest BCUT2D eigenvalue weighted by Crippen LogP contribution is 2.26. The first-order valence-electron chi connectivity index (χ1n) is 7.08. The van der Waals surface area contributed by atoms with Crippen LogP contribution in [0.15, 0.2) is 0 Å². The van der Waals surface area contributed by atoms with Crippen LogP contribution in [0.2, 0.25) is 0 Å². The molecular formula is C13H26N2OS. The lowest BCUT2D eigenvalue weighted by molar-refractivity contribution is 0.181. The van der Waals surface area contributed by atoms with E-state index in [0.29, 0.717) is 6.61 Å². The Morgan fingerprint density at radius 1 is 1.18 bits per heavy atom. The molecule has 2 aliphatic heterocycles. The number of piperidine rings is 1. The van der Waals surface area contributed by atoms with Crippen molar-refractivity contribution in [3.8, 4) is 0 Å². The maximum atomic E-state index is 8.69. The predicted molar refractivity (Wildman–Crippen MR) is 74.6 cm³/mol. The van der Waals surface area contributed by atoms with Gasteiger partial charge in [0.25, 0.3) is 0 Å². The molecule has 0 amide bonds. The Hall–Kier alpha value is 0.230. The smallest absolute Gasteiger partial charge is 0.0438 e. The van der Waals surface area contributed by atoms with E-state index in [1.54, 1.807) is 0 Å². The zero-order valence-electron chi connectivity index (χ0n) is 10.7. The first-order chi connectivity index (χ1) is 8.42. The number of nitrogens with one attached hydrogen (secondary N) is 1. The van der Waals surface area contributed by atoms with Crippen molar-refractivity contribution in [2.24, 2.45) is 0 Å². The van der Waals surface area contributed by atoms with Gasteiger partial charge in [-0.25, -0.2) is 0 Å². The number of thioether (sulfide) groups is 1. The molecule has 4 heteroatoms. The minimum Gasteiger partial charge on any atom is -0.396 e. The maximum Gasteiger partial charge on any atom is 0.0438 e. The van der Waals surface area contributed by atoms with Crippen LogP contribution in [0.3, 0.4) is 0 Å². The first-order valence-corrected chi connectivity index (χ1v) is 8.23. The number of aliphatic hydroxyl groups is 1. The van der Waals surface area contributed by atoms with Gasteiger partial charge in [-0.05, 0) is 38.0 Å². The molecule has 2 saturated heterocycles. The number of hydrogen-bond donors (Lipinski definition) is 2. The Morgan fingerprint density at radius 2 is 2.12 bits per heavy atom. The minimum absolute atomic E-state index is 0.333. The predicted octanol–water partition coefficient (Wildman–Crippen LogP) is 1.32. The van der Waals surface area contributed by atoms with E-state index in [2.05, 4.69) is 10.2 Å². The van der Waals surface area contributed by atoms with Gasteiger partial charge in [0.05, 0.1) is 0 Å². The zero-order chi connectivity index (χ0) is 11.9. The highest BCUT2D eigenvalue weighted by atomic mass is 32.2. The molecule has 0 aromatic rings. The van der Waals surface area contributed by atoms with Crippen LogP contribution in [-0.4, -0.2) is 59.8 Å². The minimum atomic E-state index is 0.333. The summed E-state index contributed by atoms with van der Waals surface area (Å²) < 4.78 is 0. The van der Waals surface area contributed by atoms with Gasteiger partial charge in [0.1, 0.15) is 0 Å². The van der Waals surface area contributed by atoms with E-state index in [4.69, 9.17) is 5.11 Å². The Kier molecular flexibility index (Phi) is 6.12. The average molecular weight is 258 g/mol. The average Bonchev–Trinajstić information content (AvgIpc) is 2.77. The molecule has 0 aliphatic carbocycles. The Balaban J connectivity index is 1.56. The van der Waals surface area contributed by atoms with Crippen molar-refractivity contribution < 1.29 is 5.11 Å². The molecule has 0 aromatic heterocycles. The van der Waals surface area contributed by atoms with E-state index in [9.17, 15) is 0 Å². The van der Waals surface area contributed by atoms with E-state index in [1.807, 2.05) is 11.8 Å². The van der Waals surface area contributed by atoms with Gasteiger partial charge >= 0.3 is 0 Å². The molecule has 2 atom stereocenters. The molecule has 2 rings (SSSR count). The van der Waals surface area contributed by atoms with Crippen molar-refractivity contribution in [1.82, 2.24) is 10.2 Å². The van der Waals surface area contributed by atoms with Gasteiger partial charge < -0.3 is 10.4 Å². The van der Waals surface area contributed by atoms with Crippen LogP contribution in [-0.2, 0) is 0 Å². The van der Waals surface area contributed by atoms with Gasteiger partial charge in [-0.15, -0.1) is 0 Å². The summed E-state index contributed by atoms with van der Waals surface area (Å²) in [7, 11) is 0. The Morgan fingerprint density at radius 3 is 3.00 bits per heavy atom. The third-order valence-corrected chi connectivity index (χ3v) is 5.03. The number of rotatable bonds is 7. The molecule has 100 valence electrons. The van der Waals surface area contributed by atoms with E-state index < -0.39 is 0 Å². The highest BCUT2D eigenvalue weighted by Gasteiger charge is 2.34. The van der Waals surface area contributed by atoms with Crippen LogP contribution >= 0.6 is 11.8 Å². The Labute approximate surface area is 109 Å². The zero-order valence-corrected chi connectivity index (χ0v) is 11.6. The standard InChI is InChI=1S/C13H26N2OS/c16-9-3-10-17-11-6-14-12-5-8-15-7-2-1-4-13(12)15/h12-14,16H,1-11H2. The molecule has 2 aliphatic rings. The van der Waals surface area contributed by atoms with E-state index in [1.165, 1.54) is 44.5 Å². The van der Waals surface area contributed by atoms with Crippen molar-refractivity contribution in [3.05, 3.63) is 0 Å². The highest BCUT2D eigenvalue weighted by molar-refractivity contribution is 7.99. The summed E-state index contributed by atoms with van der Waals surface area (Å²) in [5.41, 5.74) is 0. The van der Waals surface area contributed by atoms with Crippen LogP contribution in [0, 0.1) is 0 Å². The molecule has 2 unspecified atom stereocenters. The van der Waals surface area contributed by atoms with Gasteiger partial charge in [0, 0.05) is 37.5 Å². The second-order valence-electron chi connectivity index (χ2n) is 5.14. The van der Waals surface area contributed by atoms with Crippen LogP contribution < -0.4 is 5.32 Å². The van der Waals surface area contributed by atoms with Gasteiger partial charge in [0.15, 0.2) is 0 Å². The van der Waals surface area contributed by atoms with E-state index >= 15 is 0 Å². The van der Waals surface area contributed by atoms with Gasteiger partial charge in [-0.2, -0.15) is 11.8 Å². The molecule has 0 spiro atoms. The quantitative estimate of drug-likeness (QED) is 0.675. The van der Waals surface area contributed by atoms with Crippen LogP contribution in [0.5, 0.6) is 0 Å². The summed E-state index contributed by atoms with van der Waals surface area (Å²) >= 11 is 1.95. The molecular weight excluding hydrogens is 232 g/mol. The summed E-state index contributed by atoms with van der Waals surface area (Å²) in [6.07, 6.45) is 6.50. The summed E-state index contributed by atoms with van der Waals surface area (Å²) in [5.74, 6) is 2.28. The molecule has 0 aromatic carbocycles. The fourth-order valence-corrected chi connectivity index (χ4v) is 3.87. The molecule has 0 radical (unpaired) electrons. The summed E-state index contributed by atoms with van der Waals surface area (Å²) in [5, 5.41) is 12.4. The molecule has 2 N–H and O–H groups in total. The number of aliphatic hydroxyl groups excluding tert-OH is 1. The molecule has 3 nitrogen and oxygen atoms in total. The molecule has 2 fully saturated rings. The lowest BCUT2D eigenvalue weighted by atomic mass is 9.99. The van der Waals surface area contributed by atoms with E-state index in [0.717, 1.165) is 30.8 Å². The second kappa shape index (κ2) is 7.62. The number of fused-ring (bicyclic) bond motifs is 1. The fourth-order valence-electron chi connectivity index (χ4n) is 3.07. The van der Waals surface area contributed by atoms with Gasteiger partial charge in [-0.3, -0.25) is 4.90 Å². The van der Waals surface area contributed by atoms with Crippen molar-refractivity contribution in [2.45, 2.75) is 44.2 Å². The molecule has 0 bridgehead atoms. The van der Waals surface area contributed by atoms with E-state index in [-0.39, 0.29) is 0 Å². The normalized spacial score (nSPS) is 29.5.